The van der Waals surface area contributed by atoms with Gasteiger partial charge in [0, 0.05) is 26.3 Å². The van der Waals surface area contributed by atoms with Crippen LogP contribution >= 0.6 is 0 Å². The molecule has 0 saturated heterocycles. The van der Waals surface area contributed by atoms with Crippen LogP contribution in [0.15, 0.2) is 53.3 Å². The Hall–Kier alpha value is -2.88. The van der Waals surface area contributed by atoms with Crippen molar-refractivity contribution in [1.29, 1.82) is 0 Å². The van der Waals surface area contributed by atoms with Crippen molar-refractivity contribution in [2.24, 2.45) is 0 Å². The first-order valence-electron chi connectivity index (χ1n) is 8.11. The highest BCUT2D eigenvalue weighted by Gasteiger charge is 2.20. The van der Waals surface area contributed by atoms with Gasteiger partial charge in [0.15, 0.2) is 0 Å². The Morgan fingerprint density at radius 1 is 1.08 bits per heavy atom. The van der Waals surface area contributed by atoms with Crippen molar-refractivity contribution < 1.29 is 0 Å². The average Bonchev–Trinajstić information content (AvgIpc) is 2.99. The molecule has 4 rings (SSSR count). The van der Waals surface area contributed by atoms with Crippen LogP contribution in [-0.2, 0) is 6.54 Å². The molecule has 3 aromatic rings. The standard InChI is InChI=1S/C20H19N3O/c1-22(2)16-9-7-14(8-10-16)13-15-11-12-23-19(15)21-18-6-4-3-5-17(18)20(23)24/h3-10,13H,11-12H2,1-2H3. The third kappa shape index (κ3) is 2.40. The molecule has 0 N–H and O–H groups in total. The van der Waals surface area contributed by atoms with E-state index in [0.717, 1.165) is 28.9 Å². The van der Waals surface area contributed by atoms with Crippen LogP contribution in [0.5, 0.6) is 0 Å². The maximum absolute atomic E-state index is 12.6. The molecular formula is C20H19N3O. The summed E-state index contributed by atoms with van der Waals surface area (Å²) in [5, 5.41) is 0.692. The molecule has 2 aromatic carbocycles. The molecule has 0 atom stereocenters. The number of fused-ring (bicyclic) bond motifs is 2. The molecule has 0 spiro atoms. The van der Waals surface area contributed by atoms with Crippen LogP contribution in [-0.4, -0.2) is 23.6 Å². The summed E-state index contributed by atoms with van der Waals surface area (Å²) >= 11 is 0. The van der Waals surface area contributed by atoms with E-state index in [1.165, 1.54) is 5.69 Å². The highest BCUT2D eigenvalue weighted by atomic mass is 16.1. The summed E-state index contributed by atoms with van der Waals surface area (Å²) in [6.45, 7) is 0.702. The zero-order valence-corrected chi connectivity index (χ0v) is 13.9. The molecule has 0 aliphatic carbocycles. The van der Waals surface area contributed by atoms with Crippen LogP contribution in [0.1, 0.15) is 17.8 Å². The second-order valence-electron chi connectivity index (χ2n) is 6.31. The zero-order valence-electron chi connectivity index (χ0n) is 13.9. The quantitative estimate of drug-likeness (QED) is 0.727. The van der Waals surface area contributed by atoms with Crippen LogP contribution in [0.4, 0.5) is 5.69 Å². The van der Waals surface area contributed by atoms with Crippen molar-refractivity contribution >= 4 is 28.2 Å². The highest BCUT2D eigenvalue weighted by Crippen LogP contribution is 2.27. The lowest BCUT2D eigenvalue weighted by Crippen LogP contribution is -2.20. The number of aromatic nitrogens is 2. The Morgan fingerprint density at radius 3 is 2.58 bits per heavy atom. The van der Waals surface area contributed by atoms with Crippen LogP contribution in [0.3, 0.4) is 0 Å². The van der Waals surface area contributed by atoms with Crippen LogP contribution in [0, 0.1) is 0 Å². The lowest BCUT2D eigenvalue weighted by atomic mass is 10.1. The van der Waals surface area contributed by atoms with Gasteiger partial charge in [0.25, 0.3) is 5.56 Å². The molecular weight excluding hydrogens is 298 g/mol. The van der Waals surface area contributed by atoms with Gasteiger partial charge in [0.1, 0.15) is 5.82 Å². The molecule has 0 unspecified atom stereocenters. The minimum Gasteiger partial charge on any atom is -0.378 e. The number of para-hydroxylation sites is 1. The van der Waals surface area contributed by atoms with Gasteiger partial charge < -0.3 is 4.90 Å². The van der Waals surface area contributed by atoms with Crippen LogP contribution in [0.25, 0.3) is 22.6 Å². The maximum atomic E-state index is 12.6. The predicted octanol–water partition coefficient (Wildman–Crippen LogP) is 3.41. The van der Waals surface area contributed by atoms with Crippen LogP contribution in [0.2, 0.25) is 0 Å². The largest absolute Gasteiger partial charge is 0.378 e. The van der Waals surface area contributed by atoms with E-state index in [4.69, 9.17) is 4.98 Å². The molecule has 0 bridgehead atoms. The van der Waals surface area contributed by atoms with E-state index >= 15 is 0 Å². The Labute approximate surface area is 140 Å². The second-order valence-corrected chi connectivity index (χ2v) is 6.31. The third-order valence-electron chi connectivity index (χ3n) is 4.50. The number of rotatable bonds is 2. The molecule has 1 aromatic heterocycles. The lowest BCUT2D eigenvalue weighted by Gasteiger charge is -2.12. The molecule has 1 aliphatic rings. The average molecular weight is 317 g/mol. The van der Waals surface area contributed by atoms with Crippen molar-refractivity contribution in [2.75, 3.05) is 19.0 Å². The Bertz CT molecular complexity index is 998. The van der Waals surface area contributed by atoms with Crippen LogP contribution < -0.4 is 10.5 Å². The summed E-state index contributed by atoms with van der Waals surface area (Å²) in [5.41, 5.74) is 4.25. The fourth-order valence-corrected chi connectivity index (χ4v) is 3.17. The summed E-state index contributed by atoms with van der Waals surface area (Å²) in [5.74, 6) is 0.801. The first kappa shape index (κ1) is 14.7. The number of hydrogen-bond donors (Lipinski definition) is 0. The molecule has 0 saturated carbocycles. The summed E-state index contributed by atoms with van der Waals surface area (Å²) < 4.78 is 1.79. The van der Waals surface area contributed by atoms with Gasteiger partial charge in [-0.05, 0) is 47.9 Å². The minimum atomic E-state index is 0.0574. The van der Waals surface area contributed by atoms with Gasteiger partial charge in [-0.3, -0.25) is 9.36 Å². The SMILES string of the molecule is CN(C)c1ccc(C=C2CCn3c2nc2ccccc2c3=O)cc1. The van der Waals surface area contributed by atoms with Gasteiger partial charge in [-0.1, -0.05) is 24.3 Å². The summed E-state index contributed by atoms with van der Waals surface area (Å²) in [6.07, 6.45) is 2.98. The van der Waals surface area contributed by atoms with Gasteiger partial charge >= 0.3 is 0 Å². The monoisotopic (exact) mass is 317 g/mol. The van der Waals surface area contributed by atoms with Crippen molar-refractivity contribution in [3.8, 4) is 0 Å². The summed E-state index contributed by atoms with van der Waals surface area (Å²) in [6, 6.07) is 16.0. The molecule has 2 heterocycles. The van der Waals surface area contributed by atoms with E-state index in [9.17, 15) is 4.79 Å². The molecule has 24 heavy (non-hydrogen) atoms. The van der Waals surface area contributed by atoms with E-state index < -0.39 is 0 Å². The molecule has 120 valence electrons. The van der Waals surface area contributed by atoms with Gasteiger partial charge in [0.2, 0.25) is 0 Å². The van der Waals surface area contributed by atoms with Crippen molar-refractivity contribution in [2.45, 2.75) is 13.0 Å². The number of hydrogen-bond acceptors (Lipinski definition) is 3. The van der Waals surface area contributed by atoms with Gasteiger partial charge in [0.05, 0.1) is 10.9 Å². The fraction of sp³-hybridized carbons (Fsp3) is 0.200. The highest BCUT2D eigenvalue weighted by molar-refractivity contribution is 5.84. The lowest BCUT2D eigenvalue weighted by molar-refractivity contribution is 0.725. The van der Waals surface area contributed by atoms with Gasteiger partial charge in [-0.15, -0.1) is 0 Å². The van der Waals surface area contributed by atoms with Crippen molar-refractivity contribution in [1.82, 2.24) is 9.55 Å². The number of benzene rings is 2. The number of nitrogens with zero attached hydrogens (tertiary/aromatic N) is 3. The normalized spacial score (nSPS) is 15.0. The minimum absolute atomic E-state index is 0.0574. The Balaban J connectivity index is 1.79. The summed E-state index contributed by atoms with van der Waals surface area (Å²) in [4.78, 5) is 19.4. The van der Waals surface area contributed by atoms with E-state index in [-0.39, 0.29) is 5.56 Å². The third-order valence-corrected chi connectivity index (χ3v) is 4.50. The smallest absolute Gasteiger partial charge is 0.261 e. The Morgan fingerprint density at radius 2 is 1.83 bits per heavy atom. The number of allylic oxidation sites excluding steroid dienone is 1. The topological polar surface area (TPSA) is 38.1 Å². The van der Waals surface area contributed by atoms with Gasteiger partial charge in [-0.2, -0.15) is 0 Å². The molecule has 0 radical (unpaired) electrons. The van der Waals surface area contributed by atoms with Crippen molar-refractivity contribution in [3.63, 3.8) is 0 Å². The van der Waals surface area contributed by atoms with E-state index in [1.807, 2.05) is 38.4 Å². The molecule has 0 amide bonds. The number of anilines is 1. The Kier molecular flexibility index (Phi) is 3.45. The van der Waals surface area contributed by atoms with Crippen molar-refractivity contribution in [3.05, 3.63) is 70.3 Å². The molecule has 1 aliphatic heterocycles. The zero-order chi connectivity index (χ0) is 16.7. The first-order valence-corrected chi connectivity index (χ1v) is 8.11. The molecule has 4 heteroatoms. The van der Waals surface area contributed by atoms with E-state index in [1.54, 1.807) is 4.57 Å². The predicted molar refractivity (Wildman–Crippen MR) is 99.3 cm³/mol. The molecule has 4 nitrogen and oxygen atoms in total. The van der Waals surface area contributed by atoms with E-state index in [2.05, 4.69) is 35.2 Å². The second kappa shape index (κ2) is 5.64. The fourth-order valence-electron chi connectivity index (χ4n) is 3.17. The summed E-state index contributed by atoms with van der Waals surface area (Å²) in [7, 11) is 4.06. The first-order chi connectivity index (χ1) is 11.6. The molecule has 0 fully saturated rings. The maximum Gasteiger partial charge on any atom is 0.261 e. The van der Waals surface area contributed by atoms with E-state index in [0.29, 0.717) is 11.9 Å². The van der Waals surface area contributed by atoms with Gasteiger partial charge in [-0.25, -0.2) is 4.98 Å².